The summed E-state index contributed by atoms with van der Waals surface area (Å²) in [4.78, 5) is 21.5. The van der Waals surface area contributed by atoms with E-state index in [0.717, 1.165) is 11.8 Å². The second kappa shape index (κ2) is 6.56. The Balaban J connectivity index is 2.08. The highest BCUT2D eigenvalue weighted by Crippen LogP contribution is 2.28. The summed E-state index contributed by atoms with van der Waals surface area (Å²) in [5, 5.41) is 8.83. The molecule has 0 atom stereocenters. The minimum atomic E-state index is -0.964. The molecule has 1 N–H and O–H groups in total. The number of carboxylic acid groups (broad SMARTS) is 1. The van der Waals surface area contributed by atoms with E-state index >= 15 is 0 Å². The molecule has 2 aromatic carbocycles. The Hall–Kier alpha value is -2.82. The van der Waals surface area contributed by atoms with Crippen molar-refractivity contribution in [2.75, 3.05) is 7.11 Å². The average Bonchev–Trinajstić information content (AvgIpc) is 2.53. The Kier molecular flexibility index (Phi) is 4.56. The third-order valence-corrected chi connectivity index (χ3v) is 2.92. The van der Waals surface area contributed by atoms with Crippen molar-refractivity contribution in [2.45, 2.75) is 6.61 Å². The number of hydrogen-bond donors (Lipinski definition) is 1. The predicted octanol–water partition coefficient (Wildman–Crippen LogP) is 2.78. The van der Waals surface area contributed by atoms with Crippen molar-refractivity contribution in [1.29, 1.82) is 0 Å². The van der Waals surface area contributed by atoms with Crippen LogP contribution in [-0.2, 0) is 6.61 Å². The fraction of sp³-hybridized carbons (Fsp3) is 0.125. The van der Waals surface area contributed by atoms with E-state index in [4.69, 9.17) is 14.6 Å². The Morgan fingerprint density at radius 2 is 1.86 bits per heavy atom. The van der Waals surface area contributed by atoms with Crippen molar-refractivity contribution >= 4 is 12.3 Å². The van der Waals surface area contributed by atoms with Crippen LogP contribution in [0.15, 0.2) is 42.5 Å². The van der Waals surface area contributed by atoms with Gasteiger partial charge in [0.15, 0.2) is 11.5 Å². The average molecular weight is 286 g/mol. The SMILES string of the molecule is COc1cc(C=O)ccc1OCc1ccc(C(=O)O)cc1. The smallest absolute Gasteiger partial charge is 0.335 e. The van der Waals surface area contributed by atoms with Gasteiger partial charge in [0.1, 0.15) is 12.9 Å². The molecule has 5 nitrogen and oxygen atoms in total. The molecular formula is C16H14O5. The van der Waals surface area contributed by atoms with Crippen LogP contribution >= 0.6 is 0 Å². The van der Waals surface area contributed by atoms with Gasteiger partial charge >= 0.3 is 5.97 Å². The van der Waals surface area contributed by atoms with E-state index in [2.05, 4.69) is 0 Å². The molecule has 0 amide bonds. The number of ether oxygens (including phenoxy) is 2. The summed E-state index contributed by atoms with van der Waals surface area (Å²) in [5.41, 5.74) is 1.57. The first kappa shape index (κ1) is 14.6. The molecule has 0 fully saturated rings. The molecule has 5 heteroatoms. The number of aromatic carboxylic acids is 1. The van der Waals surface area contributed by atoms with Crippen LogP contribution in [0, 0.1) is 0 Å². The van der Waals surface area contributed by atoms with Crippen LogP contribution in [0.5, 0.6) is 11.5 Å². The van der Waals surface area contributed by atoms with Crippen LogP contribution in [0.25, 0.3) is 0 Å². The van der Waals surface area contributed by atoms with Crippen LogP contribution in [0.2, 0.25) is 0 Å². The van der Waals surface area contributed by atoms with Crippen molar-refractivity contribution < 1.29 is 24.2 Å². The van der Waals surface area contributed by atoms with Crippen LogP contribution in [0.1, 0.15) is 26.3 Å². The number of carbonyl (C=O) groups excluding carboxylic acids is 1. The minimum Gasteiger partial charge on any atom is -0.493 e. The highest BCUT2D eigenvalue weighted by Gasteiger charge is 2.07. The summed E-state index contributed by atoms with van der Waals surface area (Å²) < 4.78 is 10.8. The van der Waals surface area contributed by atoms with Gasteiger partial charge in [-0.15, -0.1) is 0 Å². The minimum absolute atomic E-state index is 0.228. The van der Waals surface area contributed by atoms with Crippen LogP contribution in [-0.4, -0.2) is 24.5 Å². The summed E-state index contributed by atoms with van der Waals surface area (Å²) in [6.07, 6.45) is 0.733. The van der Waals surface area contributed by atoms with Gasteiger partial charge in [-0.05, 0) is 35.9 Å². The van der Waals surface area contributed by atoms with Gasteiger partial charge in [0.25, 0.3) is 0 Å². The van der Waals surface area contributed by atoms with Gasteiger partial charge in [-0.1, -0.05) is 12.1 Å². The first-order valence-electron chi connectivity index (χ1n) is 6.22. The molecule has 0 saturated carbocycles. The molecular weight excluding hydrogens is 272 g/mol. The molecule has 0 saturated heterocycles. The Bertz CT molecular complexity index is 646. The van der Waals surface area contributed by atoms with Gasteiger partial charge < -0.3 is 14.6 Å². The lowest BCUT2D eigenvalue weighted by Crippen LogP contribution is -2.00. The Morgan fingerprint density at radius 1 is 1.14 bits per heavy atom. The number of hydrogen-bond acceptors (Lipinski definition) is 4. The number of carbonyl (C=O) groups is 2. The van der Waals surface area contributed by atoms with E-state index in [1.54, 1.807) is 30.3 Å². The summed E-state index contributed by atoms with van der Waals surface area (Å²) in [5.74, 6) is 0.0285. The fourth-order valence-electron chi connectivity index (χ4n) is 1.78. The summed E-state index contributed by atoms with van der Waals surface area (Å²) in [6, 6.07) is 11.3. The van der Waals surface area contributed by atoms with Crippen LogP contribution in [0.4, 0.5) is 0 Å². The number of rotatable bonds is 6. The fourth-order valence-corrected chi connectivity index (χ4v) is 1.78. The van der Waals surface area contributed by atoms with Gasteiger partial charge in [-0.25, -0.2) is 4.79 Å². The number of aldehydes is 1. The standard InChI is InChI=1S/C16H14O5/c1-20-15-8-12(9-17)4-7-14(15)21-10-11-2-5-13(6-3-11)16(18)19/h2-9H,10H2,1H3,(H,18,19). The Labute approximate surface area is 121 Å². The van der Waals surface area contributed by atoms with Crippen molar-refractivity contribution in [3.8, 4) is 11.5 Å². The topological polar surface area (TPSA) is 72.8 Å². The molecule has 0 aliphatic heterocycles. The molecule has 108 valence electrons. The molecule has 0 radical (unpaired) electrons. The van der Waals surface area contributed by atoms with Crippen molar-refractivity contribution in [3.05, 3.63) is 59.2 Å². The van der Waals surface area contributed by atoms with E-state index in [9.17, 15) is 9.59 Å². The van der Waals surface area contributed by atoms with Crippen LogP contribution < -0.4 is 9.47 Å². The van der Waals surface area contributed by atoms with Crippen molar-refractivity contribution in [1.82, 2.24) is 0 Å². The third kappa shape index (κ3) is 3.60. The molecule has 0 aromatic heterocycles. The predicted molar refractivity (Wildman–Crippen MR) is 76.1 cm³/mol. The molecule has 0 spiro atoms. The molecule has 0 aliphatic rings. The van der Waals surface area contributed by atoms with E-state index in [1.165, 1.54) is 19.2 Å². The van der Waals surface area contributed by atoms with E-state index in [1.807, 2.05) is 0 Å². The first-order valence-corrected chi connectivity index (χ1v) is 6.22. The first-order chi connectivity index (χ1) is 10.1. The quantitative estimate of drug-likeness (QED) is 0.827. The highest BCUT2D eigenvalue weighted by atomic mass is 16.5. The monoisotopic (exact) mass is 286 g/mol. The molecule has 0 bridgehead atoms. The lowest BCUT2D eigenvalue weighted by atomic mass is 10.1. The maximum Gasteiger partial charge on any atom is 0.335 e. The van der Waals surface area contributed by atoms with Gasteiger partial charge in [-0.3, -0.25) is 4.79 Å². The number of methoxy groups -OCH3 is 1. The largest absolute Gasteiger partial charge is 0.493 e. The summed E-state index contributed by atoms with van der Waals surface area (Å²) in [6.45, 7) is 0.274. The maximum absolute atomic E-state index is 10.8. The van der Waals surface area contributed by atoms with E-state index in [0.29, 0.717) is 17.1 Å². The normalized spacial score (nSPS) is 9.95. The molecule has 0 unspecified atom stereocenters. The highest BCUT2D eigenvalue weighted by molar-refractivity contribution is 5.87. The van der Waals surface area contributed by atoms with Gasteiger partial charge in [0.05, 0.1) is 12.7 Å². The van der Waals surface area contributed by atoms with Gasteiger partial charge in [0, 0.05) is 5.56 Å². The second-order valence-electron chi connectivity index (χ2n) is 4.32. The lowest BCUT2D eigenvalue weighted by Gasteiger charge is -2.11. The van der Waals surface area contributed by atoms with Crippen molar-refractivity contribution in [3.63, 3.8) is 0 Å². The third-order valence-electron chi connectivity index (χ3n) is 2.92. The molecule has 0 heterocycles. The lowest BCUT2D eigenvalue weighted by molar-refractivity contribution is 0.0696. The van der Waals surface area contributed by atoms with Gasteiger partial charge in [-0.2, -0.15) is 0 Å². The molecule has 0 aliphatic carbocycles. The van der Waals surface area contributed by atoms with Gasteiger partial charge in [0.2, 0.25) is 0 Å². The van der Waals surface area contributed by atoms with Crippen molar-refractivity contribution in [2.24, 2.45) is 0 Å². The second-order valence-corrected chi connectivity index (χ2v) is 4.32. The zero-order valence-corrected chi connectivity index (χ0v) is 11.4. The number of carboxylic acids is 1. The summed E-state index contributed by atoms with van der Waals surface area (Å²) >= 11 is 0. The molecule has 21 heavy (non-hydrogen) atoms. The maximum atomic E-state index is 10.8. The van der Waals surface area contributed by atoms with Crippen LogP contribution in [0.3, 0.4) is 0 Å². The molecule has 2 aromatic rings. The zero-order valence-electron chi connectivity index (χ0n) is 11.4. The summed E-state index contributed by atoms with van der Waals surface area (Å²) in [7, 11) is 1.50. The molecule has 2 rings (SSSR count). The van der Waals surface area contributed by atoms with E-state index < -0.39 is 5.97 Å². The Morgan fingerprint density at radius 3 is 2.43 bits per heavy atom. The zero-order chi connectivity index (χ0) is 15.2. The van der Waals surface area contributed by atoms with E-state index in [-0.39, 0.29) is 12.2 Å². The number of benzene rings is 2.